The van der Waals surface area contributed by atoms with E-state index in [1.165, 1.54) is 12.0 Å². The number of alkyl halides is 3. The standard InChI is InChI=1S/C22H28F4N2O5S/c1-32-21(29)28-12-4-7-18(27-34(2,30)31)19(28)13-33-15-10-8-14(9-11-15)20-16(22(24,25)26)5-3-6-17(20)23/h3,5-6,8,15,18-19,27H,4,7,9-13H2,1-2H3. The van der Waals surface area contributed by atoms with Gasteiger partial charge in [-0.3, -0.25) is 0 Å². The Morgan fingerprint density at radius 2 is 2.00 bits per heavy atom. The van der Waals surface area contributed by atoms with E-state index < -0.39 is 51.3 Å². The molecular formula is C22H28F4N2O5S. The molecule has 34 heavy (non-hydrogen) atoms. The van der Waals surface area contributed by atoms with Crippen LogP contribution in [0.15, 0.2) is 24.3 Å². The summed E-state index contributed by atoms with van der Waals surface area (Å²) in [6.07, 6.45) is -1.17. The number of hydrogen-bond acceptors (Lipinski definition) is 5. The minimum absolute atomic E-state index is 0.0175. The van der Waals surface area contributed by atoms with Gasteiger partial charge in [0, 0.05) is 18.2 Å². The molecule has 1 aromatic rings. The molecule has 3 atom stereocenters. The van der Waals surface area contributed by atoms with Crippen LogP contribution in [-0.4, -0.2) is 64.1 Å². The van der Waals surface area contributed by atoms with Gasteiger partial charge in [0.25, 0.3) is 0 Å². The van der Waals surface area contributed by atoms with E-state index in [2.05, 4.69) is 4.72 Å². The van der Waals surface area contributed by atoms with Crippen LogP contribution in [-0.2, 0) is 25.7 Å². The van der Waals surface area contributed by atoms with Crippen LogP contribution in [0.5, 0.6) is 0 Å². The Hall–Kier alpha value is -2.18. The van der Waals surface area contributed by atoms with E-state index in [0.717, 1.165) is 24.5 Å². The van der Waals surface area contributed by atoms with Gasteiger partial charge in [-0.1, -0.05) is 12.1 Å². The zero-order valence-electron chi connectivity index (χ0n) is 18.9. The van der Waals surface area contributed by atoms with Crippen molar-refractivity contribution in [1.29, 1.82) is 0 Å². The van der Waals surface area contributed by atoms with Crippen molar-refractivity contribution < 1.29 is 40.2 Å². The molecule has 1 aliphatic carbocycles. The SMILES string of the molecule is COC(=O)N1CCCC(NS(C)(=O)=O)C1COC1CC=C(c2c(F)cccc2C(F)(F)F)CC1. The molecule has 3 rings (SSSR count). The molecule has 7 nitrogen and oxygen atoms in total. The van der Waals surface area contributed by atoms with E-state index in [0.29, 0.717) is 25.8 Å². The molecule has 1 fully saturated rings. The van der Waals surface area contributed by atoms with Gasteiger partial charge in [-0.25, -0.2) is 22.3 Å². The van der Waals surface area contributed by atoms with Crippen LogP contribution in [0.2, 0.25) is 0 Å². The maximum absolute atomic E-state index is 14.3. The molecule has 0 bridgehead atoms. The van der Waals surface area contributed by atoms with Crippen molar-refractivity contribution in [2.45, 2.75) is 56.5 Å². The van der Waals surface area contributed by atoms with E-state index in [9.17, 15) is 30.8 Å². The molecule has 1 saturated heterocycles. The van der Waals surface area contributed by atoms with Gasteiger partial charge in [0.05, 0.1) is 37.7 Å². The highest BCUT2D eigenvalue weighted by atomic mass is 32.2. The van der Waals surface area contributed by atoms with Crippen LogP contribution in [0, 0.1) is 5.82 Å². The topological polar surface area (TPSA) is 84.9 Å². The number of carbonyl (C=O) groups is 1. The number of methoxy groups -OCH3 is 1. The fourth-order valence-electron chi connectivity index (χ4n) is 4.53. The van der Waals surface area contributed by atoms with Crippen LogP contribution in [0.25, 0.3) is 5.57 Å². The average Bonchev–Trinajstić information content (AvgIpc) is 2.76. The smallest absolute Gasteiger partial charge is 0.417 e. The number of allylic oxidation sites excluding steroid dienone is 1. The van der Waals surface area contributed by atoms with E-state index in [1.54, 1.807) is 6.08 Å². The van der Waals surface area contributed by atoms with Gasteiger partial charge < -0.3 is 14.4 Å². The first-order chi connectivity index (χ1) is 15.9. The summed E-state index contributed by atoms with van der Waals surface area (Å²) in [5.74, 6) is -0.925. The molecule has 12 heteroatoms. The summed E-state index contributed by atoms with van der Waals surface area (Å²) in [6, 6.07) is 1.74. The van der Waals surface area contributed by atoms with Crippen LogP contribution in [0.1, 0.15) is 43.2 Å². The number of nitrogens with one attached hydrogen (secondary N) is 1. The Morgan fingerprint density at radius 1 is 1.26 bits per heavy atom. The van der Waals surface area contributed by atoms with Crippen LogP contribution < -0.4 is 4.72 Å². The lowest BCUT2D eigenvalue weighted by Gasteiger charge is -2.40. The van der Waals surface area contributed by atoms with Crippen LogP contribution in [0.3, 0.4) is 0 Å². The normalized spacial score (nSPS) is 24.0. The maximum Gasteiger partial charge on any atom is 0.417 e. The summed E-state index contributed by atoms with van der Waals surface area (Å²) in [6.45, 7) is 0.397. The Labute approximate surface area is 196 Å². The molecule has 0 aromatic heterocycles. The first kappa shape index (κ1) is 26.4. The van der Waals surface area contributed by atoms with Gasteiger partial charge in [-0.05, 0) is 49.8 Å². The Bertz CT molecular complexity index is 1030. The fraction of sp³-hybridized carbons (Fsp3) is 0.591. The summed E-state index contributed by atoms with van der Waals surface area (Å²) >= 11 is 0. The molecule has 1 heterocycles. The second kappa shape index (κ2) is 10.6. The summed E-state index contributed by atoms with van der Waals surface area (Å²) < 4.78 is 91.3. The van der Waals surface area contributed by atoms with Gasteiger partial charge in [0.1, 0.15) is 5.82 Å². The second-order valence-electron chi connectivity index (χ2n) is 8.49. The minimum atomic E-state index is -4.68. The molecule has 2 aliphatic rings. The third-order valence-electron chi connectivity index (χ3n) is 6.06. The van der Waals surface area contributed by atoms with Crippen molar-refractivity contribution in [3.05, 3.63) is 41.2 Å². The van der Waals surface area contributed by atoms with Crippen molar-refractivity contribution >= 4 is 21.7 Å². The highest BCUT2D eigenvalue weighted by Gasteiger charge is 2.38. The fourth-order valence-corrected chi connectivity index (χ4v) is 5.35. The molecule has 0 spiro atoms. The molecule has 3 unspecified atom stereocenters. The minimum Gasteiger partial charge on any atom is -0.453 e. The Kier molecular flexibility index (Phi) is 8.25. The van der Waals surface area contributed by atoms with E-state index in [1.807, 2.05) is 0 Å². The molecule has 0 saturated carbocycles. The number of hydrogen-bond donors (Lipinski definition) is 1. The van der Waals surface area contributed by atoms with Gasteiger partial charge in [-0.2, -0.15) is 13.2 Å². The van der Waals surface area contributed by atoms with Crippen molar-refractivity contribution in [2.75, 3.05) is 26.5 Å². The first-order valence-corrected chi connectivity index (χ1v) is 12.8. The number of nitrogens with zero attached hydrogens (tertiary/aromatic N) is 1. The predicted molar refractivity (Wildman–Crippen MR) is 117 cm³/mol. The van der Waals surface area contributed by atoms with Crippen molar-refractivity contribution in [1.82, 2.24) is 9.62 Å². The number of amides is 1. The number of carbonyl (C=O) groups excluding carboxylic acids is 1. The third kappa shape index (κ3) is 6.48. The Morgan fingerprint density at radius 3 is 2.59 bits per heavy atom. The van der Waals surface area contributed by atoms with Crippen molar-refractivity contribution in [3.8, 4) is 0 Å². The number of likely N-dealkylation sites (tertiary alicyclic amines) is 1. The van der Waals surface area contributed by atoms with Crippen molar-refractivity contribution in [2.24, 2.45) is 0 Å². The molecule has 190 valence electrons. The monoisotopic (exact) mass is 508 g/mol. The summed E-state index contributed by atoms with van der Waals surface area (Å²) in [7, 11) is -2.30. The number of ether oxygens (including phenoxy) is 2. The highest BCUT2D eigenvalue weighted by molar-refractivity contribution is 7.88. The lowest BCUT2D eigenvalue weighted by molar-refractivity contribution is -0.138. The number of piperidine rings is 1. The van der Waals surface area contributed by atoms with Gasteiger partial charge in [-0.15, -0.1) is 0 Å². The number of rotatable bonds is 6. The largest absolute Gasteiger partial charge is 0.453 e. The van der Waals surface area contributed by atoms with Crippen LogP contribution in [0.4, 0.5) is 22.4 Å². The lowest BCUT2D eigenvalue weighted by atomic mass is 9.89. The highest BCUT2D eigenvalue weighted by Crippen LogP contribution is 2.39. The maximum atomic E-state index is 14.3. The summed E-state index contributed by atoms with van der Waals surface area (Å²) in [4.78, 5) is 13.6. The van der Waals surface area contributed by atoms with E-state index >= 15 is 0 Å². The van der Waals surface area contributed by atoms with Gasteiger partial charge in [0.2, 0.25) is 10.0 Å². The summed E-state index contributed by atoms with van der Waals surface area (Å²) in [5.41, 5.74) is -1.17. The first-order valence-electron chi connectivity index (χ1n) is 10.9. The molecular weight excluding hydrogens is 480 g/mol. The summed E-state index contributed by atoms with van der Waals surface area (Å²) in [5, 5.41) is 0. The molecule has 1 aliphatic heterocycles. The number of halogens is 4. The zero-order chi connectivity index (χ0) is 25.1. The van der Waals surface area contributed by atoms with Crippen LogP contribution >= 0.6 is 0 Å². The molecule has 1 amide bonds. The average molecular weight is 509 g/mol. The molecule has 1 N–H and O–H groups in total. The quantitative estimate of drug-likeness (QED) is 0.589. The second-order valence-corrected chi connectivity index (χ2v) is 10.3. The van der Waals surface area contributed by atoms with Gasteiger partial charge >= 0.3 is 12.3 Å². The van der Waals surface area contributed by atoms with Gasteiger partial charge in [0.15, 0.2) is 0 Å². The van der Waals surface area contributed by atoms with E-state index in [4.69, 9.17) is 9.47 Å². The number of benzene rings is 1. The van der Waals surface area contributed by atoms with Crippen molar-refractivity contribution in [3.63, 3.8) is 0 Å². The Balaban J connectivity index is 1.72. The third-order valence-corrected chi connectivity index (χ3v) is 6.79. The number of sulfonamides is 1. The van der Waals surface area contributed by atoms with E-state index in [-0.39, 0.29) is 31.1 Å². The lowest BCUT2D eigenvalue weighted by Crippen LogP contribution is -2.59. The zero-order valence-corrected chi connectivity index (χ0v) is 19.7. The predicted octanol–water partition coefficient (Wildman–Crippen LogP) is 3.95. The molecule has 0 radical (unpaired) electrons. The molecule has 1 aromatic carbocycles.